The van der Waals surface area contributed by atoms with E-state index in [-0.39, 0.29) is 11.8 Å². The van der Waals surface area contributed by atoms with Crippen LogP contribution in [0.4, 0.5) is 11.4 Å². The average molecular weight is 555 g/mol. The van der Waals surface area contributed by atoms with Crippen molar-refractivity contribution >= 4 is 44.7 Å². The first-order chi connectivity index (χ1) is 20.5. The van der Waals surface area contributed by atoms with Gasteiger partial charge in [0.25, 0.3) is 11.8 Å². The van der Waals surface area contributed by atoms with Crippen molar-refractivity contribution in [3.05, 3.63) is 145 Å². The molecule has 0 spiro atoms. The molecule has 0 atom stereocenters. The van der Waals surface area contributed by atoms with Crippen molar-refractivity contribution in [3.8, 4) is 11.5 Å². The van der Waals surface area contributed by atoms with Crippen molar-refractivity contribution in [2.45, 2.75) is 0 Å². The molecule has 208 valence electrons. The minimum absolute atomic E-state index is 0.131. The highest BCUT2D eigenvalue weighted by molar-refractivity contribution is 6.07. The van der Waals surface area contributed by atoms with Gasteiger partial charge < -0.3 is 20.1 Å². The summed E-state index contributed by atoms with van der Waals surface area (Å²) in [6.45, 7) is 0. The van der Waals surface area contributed by atoms with Gasteiger partial charge in [-0.15, -0.1) is 0 Å². The van der Waals surface area contributed by atoms with Gasteiger partial charge in [-0.1, -0.05) is 72.8 Å². The maximum atomic E-state index is 12.3. The molecule has 0 aliphatic carbocycles. The number of ether oxygens (including phenoxy) is 2. The van der Waals surface area contributed by atoms with E-state index in [0.717, 1.165) is 21.5 Å². The molecule has 0 aliphatic heterocycles. The minimum Gasteiger partial charge on any atom is -0.497 e. The predicted octanol–water partition coefficient (Wildman–Crippen LogP) is 8.20. The van der Waals surface area contributed by atoms with Crippen LogP contribution >= 0.6 is 0 Å². The van der Waals surface area contributed by atoms with Crippen LogP contribution in [0.3, 0.4) is 0 Å². The Balaban J connectivity index is 0.000000168. The highest BCUT2D eigenvalue weighted by Crippen LogP contribution is 2.21. The normalized spacial score (nSPS) is 10.3. The van der Waals surface area contributed by atoms with Gasteiger partial charge in [0.05, 0.1) is 14.2 Å². The van der Waals surface area contributed by atoms with Crippen LogP contribution in [0.25, 0.3) is 21.5 Å². The fraction of sp³-hybridized carbons (Fsp3) is 0.0556. The molecule has 0 radical (unpaired) electrons. The highest BCUT2D eigenvalue weighted by Gasteiger charge is 2.08. The number of carbonyl (C=O) groups is 2. The average Bonchev–Trinajstić information content (AvgIpc) is 3.04. The first-order valence-corrected chi connectivity index (χ1v) is 13.4. The molecule has 0 aromatic heterocycles. The molecule has 2 N–H and O–H groups in total. The van der Waals surface area contributed by atoms with E-state index in [1.807, 2.05) is 121 Å². The van der Waals surface area contributed by atoms with Gasteiger partial charge in [0.1, 0.15) is 11.5 Å². The second kappa shape index (κ2) is 13.2. The Morgan fingerprint density at radius 1 is 0.452 bits per heavy atom. The third-order valence-corrected chi connectivity index (χ3v) is 6.68. The van der Waals surface area contributed by atoms with E-state index >= 15 is 0 Å². The van der Waals surface area contributed by atoms with Gasteiger partial charge in [-0.2, -0.15) is 0 Å². The summed E-state index contributed by atoms with van der Waals surface area (Å²) < 4.78 is 10.3. The summed E-state index contributed by atoms with van der Waals surface area (Å²) in [5.74, 6) is 1.17. The fourth-order valence-corrected chi connectivity index (χ4v) is 4.47. The molecule has 6 heteroatoms. The van der Waals surface area contributed by atoms with E-state index in [2.05, 4.69) is 10.6 Å². The molecule has 6 aromatic rings. The molecule has 0 fully saturated rings. The summed E-state index contributed by atoms with van der Waals surface area (Å²) in [5.41, 5.74) is 2.70. The highest BCUT2D eigenvalue weighted by atomic mass is 16.5. The Labute approximate surface area is 244 Å². The lowest BCUT2D eigenvalue weighted by molar-refractivity contribution is 0.101. The second-order valence-electron chi connectivity index (χ2n) is 9.50. The molecule has 0 saturated carbocycles. The lowest BCUT2D eigenvalue weighted by Gasteiger charge is -2.08. The zero-order valence-corrected chi connectivity index (χ0v) is 23.3. The number of benzene rings is 6. The molecule has 0 saturated heterocycles. The Hall–Kier alpha value is -5.62. The third-order valence-electron chi connectivity index (χ3n) is 6.68. The lowest BCUT2D eigenvalue weighted by Crippen LogP contribution is -2.11. The van der Waals surface area contributed by atoms with Gasteiger partial charge in [0.15, 0.2) is 0 Å². The Bertz CT molecular complexity index is 1730. The maximum Gasteiger partial charge on any atom is 0.255 e. The van der Waals surface area contributed by atoms with Gasteiger partial charge in [-0.3, -0.25) is 9.59 Å². The van der Waals surface area contributed by atoms with Gasteiger partial charge in [-0.25, -0.2) is 0 Å². The molecule has 6 nitrogen and oxygen atoms in total. The number of hydrogen-bond acceptors (Lipinski definition) is 4. The van der Waals surface area contributed by atoms with Crippen molar-refractivity contribution in [1.82, 2.24) is 0 Å². The molecule has 42 heavy (non-hydrogen) atoms. The van der Waals surface area contributed by atoms with Crippen LogP contribution < -0.4 is 20.1 Å². The SMILES string of the molecule is COc1cccc(NC(=O)c2ccc3ccccc3c2)c1.COc1cccc(NC(=O)c2ccc3ccccc3c2)c1. The number of methoxy groups -OCH3 is 2. The Morgan fingerprint density at radius 3 is 1.26 bits per heavy atom. The van der Waals surface area contributed by atoms with Gasteiger partial charge in [0.2, 0.25) is 0 Å². The maximum absolute atomic E-state index is 12.3. The van der Waals surface area contributed by atoms with E-state index in [1.54, 1.807) is 26.4 Å². The largest absolute Gasteiger partial charge is 0.497 e. The van der Waals surface area contributed by atoms with Crippen LogP contribution in [-0.4, -0.2) is 26.0 Å². The molecular weight excluding hydrogens is 524 g/mol. The van der Waals surface area contributed by atoms with E-state index in [0.29, 0.717) is 34.0 Å². The molecule has 0 aliphatic rings. The summed E-state index contributed by atoms with van der Waals surface area (Å²) in [5, 5.41) is 10.1. The van der Waals surface area contributed by atoms with Crippen molar-refractivity contribution < 1.29 is 19.1 Å². The van der Waals surface area contributed by atoms with Crippen LogP contribution in [0.5, 0.6) is 11.5 Å². The smallest absolute Gasteiger partial charge is 0.255 e. The van der Waals surface area contributed by atoms with Crippen molar-refractivity contribution in [2.75, 3.05) is 24.9 Å². The van der Waals surface area contributed by atoms with Gasteiger partial charge >= 0.3 is 0 Å². The molecule has 6 aromatic carbocycles. The second-order valence-corrected chi connectivity index (χ2v) is 9.50. The summed E-state index contributed by atoms with van der Waals surface area (Å²) in [7, 11) is 3.20. The zero-order chi connectivity index (χ0) is 29.3. The van der Waals surface area contributed by atoms with Crippen LogP contribution in [-0.2, 0) is 0 Å². The van der Waals surface area contributed by atoms with E-state index in [1.165, 1.54) is 0 Å². The Morgan fingerprint density at radius 2 is 0.857 bits per heavy atom. The quantitative estimate of drug-likeness (QED) is 0.218. The summed E-state index contributed by atoms with van der Waals surface area (Å²) in [4.78, 5) is 24.6. The van der Waals surface area contributed by atoms with Crippen LogP contribution in [0, 0.1) is 0 Å². The Kier molecular flexibility index (Phi) is 8.75. The molecular formula is C36H30N2O4. The van der Waals surface area contributed by atoms with Crippen LogP contribution in [0.1, 0.15) is 20.7 Å². The summed E-state index contributed by atoms with van der Waals surface area (Å²) >= 11 is 0. The number of anilines is 2. The third kappa shape index (κ3) is 6.92. The number of hydrogen-bond donors (Lipinski definition) is 2. The van der Waals surface area contributed by atoms with Gasteiger partial charge in [-0.05, 0) is 70.1 Å². The van der Waals surface area contributed by atoms with Crippen molar-refractivity contribution in [2.24, 2.45) is 0 Å². The minimum atomic E-state index is -0.131. The van der Waals surface area contributed by atoms with Crippen molar-refractivity contribution in [3.63, 3.8) is 0 Å². The molecule has 0 unspecified atom stereocenters. The lowest BCUT2D eigenvalue weighted by atomic mass is 10.1. The van der Waals surface area contributed by atoms with Gasteiger partial charge in [0, 0.05) is 34.6 Å². The topological polar surface area (TPSA) is 76.7 Å². The first-order valence-electron chi connectivity index (χ1n) is 13.4. The number of amides is 2. The number of rotatable bonds is 6. The zero-order valence-electron chi connectivity index (χ0n) is 23.3. The molecule has 0 bridgehead atoms. The first kappa shape index (κ1) is 27.9. The number of carbonyl (C=O) groups excluding carboxylic acids is 2. The monoisotopic (exact) mass is 554 g/mol. The van der Waals surface area contributed by atoms with Crippen LogP contribution in [0.15, 0.2) is 133 Å². The van der Waals surface area contributed by atoms with Crippen LogP contribution in [0.2, 0.25) is 0 Å². The predicted molar refractivity (Wildman–Crippen MR) is 170 cm³/mol. The number of nitrogens with one attached hydrogen (secondary N) is 2. The summed E-state index contributed by atoms with van der Waals surface area (Å²) in [6, 6.07) is 41.9. The van der Waals surface area contributed by atoms with E-state index in [4.69, 9.17) is 9.47 Å². The number of fused-ring (bicyclic) bond motifs is 2. The van der Waals surface area contributed by atoms with Crippen molar-refractivity contribution in [1.29, 1.82) is 0 Å². The van der Waals surface area contributed by atoms with E-state index < -0.39 is 0 Å². The molecule has 2 amide bonds. The molecule has 6 rings (SSSR count). The standard InChI is InChI=1S/2C18H15NO2/c2*1-21-17-8-4-7-16(12-17)19-18(20)15-10-9-13-5-2-3-6-14(13)11-15/h2*2-12H,1H3,(H,19,20). The summed E-state index contributed by atoms with van der Waals surface area (Å²) in [6.07, 6.45) is 0. The fourth-order valence-electron chi connectivity index (χ4n) is 4.47. The molecule has 0 heterocycles. The van der Waals surface area contributed by atoms with E-state index in [9.17, 15) is 9.59 Å².